The number of rotatable bonds is 12. The summed E-state index contributed by atoms with van der Waals surface area (Å²) in [6.07, 6.45) is 13.7. The lowest BCUT2D eigenvalue weighted by Crippen LogP contribution is -1.98. The van der Waals surface area contributed by atoms with Gasteiger partial charge < -0.3 is 4.74 Å². The Bertz CT molecular complexity index is 391. The van der Waals surface area contributed by atoms with Crippen LogP contribution in [0.5, 0.6) is 5.75 Å². The zero-order chi connectivity index (χ0) is 16.2. The molecule has 0 unspecified atom stereocenters. The zero-order valence-corrected chi connectivity index (χ0v) is 16.3. The molecule has 1 aromatic carbocycles. The Hall–Kier alpha value is -0.500. The van der Waals surface area contributed by atoms with Gasteiger partial charge in [0.15, 0.2) is 0 Å². The molecule has 0 aliphatic carbocycles. The largest absolute Gasteiger partial charge is 0.494 e. The molecule has 0 heterocycles. The summed E-state index contributed by atoms with van der Waals surface area (Å²) in [7, 11) is 0. The fourth-order valence-corrected chi connectivity index (χ4v) is 3.00. The first-order chi connectivity index (χ1) is 10.6. The van der Waals surface area contributed by atoms with Crippen molar-refractivity contribution in [1.82, 2.24) is 0 Å². The highest BCUT2D eigenvalue weighted by atomic mass is 79.9. The van der Waals surface area contributed by atoms with Crippen molar-refractivity contribution in [2.24, 2.45) is 0 Å². The van der Waals surface area contributed by atoms with Crippen molar-refractivity contribution in [3.8, 4) is 5.75 Å². The van der Waals surface area contributed by atoms with E-state index in [0.717, 1.165) is 12.4 Å². The molecule has 0 aromatic heterocycles. The van der Waals surface area contributed by atoms with E-state index in [0.29, 0.717) is 0 Å². The Labute approximate surface area is 146 Å². The van der Waals surface area contributed by atoms with Gasteiger partial charge in [-0.1, -0.05) is 80.6 Å². The van der Waals surface area contributed by atoms with Crippen molar-refractivity contribution >= 4 is 15.9 Å². The molecule has 1 rings (SSSR count). The molecule has 0 radical (unpaired) electrons. The Kier molecular flexibility index (Phi) is 10.7. The summed E-state index contributed by atoms with van der Waals surface area (Å²) in [6, 6.07) is 4.24. The van der Waals surface area contributed by atoms with Crippen LogP contribution in [-0.4, -0.2) is 6.61 Å². The van der Waals surface area contributed by atoms with Gasteiger partial charge in [0.25, 0.3) is 0 Å². The van der Waals surface area contributed by atoms with Gasteiger partial charge in [-0.25, -0.2) is 0 Å². The maximum absolute atomic E-state index is 5.87. The Morgan fingerprint density at radius 2 is 1.23 bits per heavy atom. The fourth-order valence-electron chi connectivity index (χ4n) is 2.77. The van der Waals surface area contributed by atoms with E-state index in [1.54, 1.807) is 0 Å². The fraction of sp³-hybridized carbons (Fsp3) is 0.700. The molecule has 2 heteroatoms. The van der Waals surface area contributed by atoms with Gasteiger partial charge in [-0.2, -0.15) is 0 Å². The molecule has 0 aliphatic heterocycles. The van der Waals surface area contributed by atoms with Crippen LogP contribution in [0.3, 0.4) is 0 Å². The van der Waals surface area contributed by atoms with Crippen molar-refractivity contribution in [2.45, 2.75) is 85.0 Å². The molecular weight excluding hydrogens is 336 g/mol. The lowest BCUT2D eigenvalue weighted by atomic mass is 10.1. The lowest BCUT2D eigenvalue weighted by molar-refractivity contribution is 0.304. The van der Waals surface area contributed by atoms with E-state index >= 15 is 0 Å². The Morgan fingerprint density at radius 1 is 0.773 bits per heavy atom. The number of hydrogen-bond donors (Lipinski definition) is 0. The van der Waals surface area contributed by atoms with Crippen LogP contribution in [0.2, 0.25) is 0 Å². The minimum Gasteiger partial charge on any atom is -0.494 e. The van der Waals surface area contributed by atoms with Crippen molar-refractivity contribution in [2.75, 3.05) is 6.61 Å². The summed E-state index contributed by atoms with van der Waals surface area (Å²) in [4.78, 5) is 0. The first-order valence-electron chi connectivity index (χ1n) is 9.04. The molecular formula is C20H33BrO. The summed E-state index contributed by atoms with van der Waals surface area (Å²) in [5.74, 6) is 1.01. The van der Waals surface area contributed by atoms with Crippen LogP contribution < -0.4 is 4.74 Å². The molecule has 126 valence electrons. The van der Waals surface area contributed by atoms with Crippen LogP contribution in [0.25, 0.3) is 0 Å². The molecule has 0 saturated carbocycles. The molecule has 0 aliphatic rings. The summed E-state index contributed by atoms with van der Waals surface area (Å²) >= 11 is 3.59. The predicted molar refractivity (Wildman–Crippen MR) is 101 cm³/mol. The molecule has 0 spiro atoms. The quantitative estimate of drug-likeness (QED) is 0.350. The molecule has 0 N–H and O–H groups in total. The number of ether oxygens (including phenoxy) is 1. The monoisotopic (exact) mass is 368 g/mol. The number of aryl methyl sites for hydroxylation is 2. The van der Waals surface area contributed by atoms with E-state index in [9.17, 15) is 0 Å². The minimum atomic E-state index is 0.844. The van der Waals surface area contributed by atoms with Gasteiger partial charge >= 0.3 is 0 Å². The molecule has 1 nitrogen and oxygen atoms in total. The van der Waals surface area contributed by atoms with Crippen molar-refractivity contribution in [1.29, 1.82) is 0 Å². The zero-order valence-electron chi connectivity index (χ0n) is 14.7. The first-order valence-corrected chi connectivity index (χ1v) is 9.84. The van der Waals surface area contributed by atoms with E-state index in [-0.39, 0.29) is 0 Å². The summed E-state index contributed by atoms with van der Waals surface area (Å²) in [5, 5.41) is 0. The second kappa shape index (κ2) is 12.0. The predicted octanol–water partition coefficient (Wildman–Crippen LogP) is 7.37. The highest BCUT2D eigenvalue weighted by molar-refractivity contribution is 9.10. The van der Waals surface area contributed by atoms with Gasteiger partial charge in [0.1, 0.15) is 5.75 Å². The van der Waals surface area contributed by atoms with Crippen LogP contribution in [0.15, 0.2) is 16.6 Å². The van der Waals surface area contributed by atoms with E-state index in [2.05, 4.69) is 48.8 Å². The third kappa shape index (κ3) is 8.22. The third-order valence-electron chi connectivity index (χ3n) is 4.18. The summed E-state index contributed by atoms with van der Waals surface area (Å²) in [5.41, 5.74) is 2.50. The third-order valence-corrected chi connectivity index (χ3v) is 5.43. The van der Waals surface area contributed by atoms with E-state index < -0.39 is 0 Å². The first kappa shape index (κ1) is 19.5. The topological polar surface area (TPSA) is 9.23 Å². The van der Waals surface area contributed by atoms with Crippen LogP contribution in [0.4, 0.5) is 0 Å². The van der Waals surface area contributed by atoms with Gasteiger partial charge in [-0.05, 0) is 43.5 Å². The van der Waals surface area contributed by atoms with Gasteiger partial charge in [0.2, 0.25) is 0 Å². The molecule has 0 amide bonds. The van der Waals surface area contributed by atoms with E-state index in [4.69, 9.17) is 4.74 Å². The van der Waals surface area contributed by atoms with Crippen molar-refractivity contribution in [3.05, 3.63) is 27.7 Å². The van der Waals surface area contributed by atoms with Gasteiger partial charge in [-0.15, -0.1) is 0 Å². The van der Waals surface area contributed by atoms with Crippen LogP contribution in [0.1, 0.15) is 82.3 Å². The van der Waals surface area contributed by atoms with Crippen molar-refractivity contribution < 1.29 is 4.74 Å². The van der Waals surface area contributed by atoms with Crippen LogP contribution in [0, 0.1) is 13.8 Å². The maximum Gasteiger partial charge on any atom is 0.119 e. The number of hydrogen-bond acceptors (Lipinski definition) is 1. The van der Waals surface area contributed by atoms with Gasteiger partial charge in [0.05, 0.1) is 6.61 Å². The van der Waals surface area contributed by atoms with Gasteiger partial charge in [0, 0.05) is 4.47 Å². The second-order valence-electron chi connectivity index (χ2n) is 6.40. The normalized spacial score (nSPS) is 10.9. The molecule has 0 bridgehead atoms. The molecule has 1 aromatic rings. The SMILES string of the molecule is CCCCCCCCCCCCOc1cc(C)c(Br)c(C)c1. The van der Waals surface area contributed by atoms with Crippen molar-refractivity contribution in [3.63, 3.8) is 0 Å². The highest BCUT2D eigenvalue weighted by Crippen LogP contribution is 2.26. The highest BCUT2D eigenvalue weighted by Gasteiger charge is 2.03. The van der Waals surface area contributed by atoms with Crippen LogP contribution in [-0.2, 0) is 0 Å². The van der Waals surface area contributed by atoms with E-state index in [1.165, 1.54) is 79.8 Å². The standard InChI is InChI=1S/C20H33BrO/c1-4-5-6-7-8-9-10-11-12-13-14-22-19-15-17(2)20(21)18(3)16-19/h15-16H,4-14H2,1-3H3. The molecule has 0 atom stereocenters. The van der Waals surface area contributed by atoms with Crippen LogP contribution >= 0.6 is 15.9 Å². The molecule has 0 fully saturated rings. The van der Waals surface area contributed by atoms with Gasteiger partial charge in [-0.3, -0.25) is 0 Å². The smallest absolute Gasteiger partial charge is 0.119 e. The number of benzene rings is 1. The average Bonchev–Trinajstić information content (AvgIpc) is 2.50. The minimum absolute atomic E-state index is 0.844. The molecule has 22 heavy (non-hydrogen) atoms. The average molecular weight is 369 g/mol. The number of halogens is 1. The Balaban J connectivity index is 2.00. The maximum atomic E-state index is 5.87. The summed E-state index contributed by atoms with van der Waals surface area (Å²) < 4.78 is 7.07. The second-order valence-corrected chi connectivity index (χ2v) is 7.19. The molecule has 0 saturated heterocycles. The Morgan fingerprint density at radius 3 is 1.73 bits per heavy atom. The summed E-state index contributed by atoms with van der Waals surface area (Å²) in [6.45, 7) is 7.35. The lowest BCUT2D eigenvalue weighted by Gasteiger charge is -2.10. The van der Waals surface area contributed by atoms with E-state index in [1.807, 2.05) is 0 Å². The number of unbranched alkanes of at least 4 members (excludes halogenated alkanes) is 9.